The Hall–Kier alpha value is -2.99. The molecule has 0 aliphatic heterocycles. The Morgan fingerprint density at radius 2 is 1.96 bits per heavy atom. The second-order valence-corrected chi connectivity index (χ2v) is 6.93. The summed E-state index contributed by atoms with van der Waals surface area (Å²) in [5, 5.41) is 8.39. The van der Waals surface area contributed by atoms with E-state index >= 15 is 0 Å². The lowest BCUT2D eigenvalue weighted by Crippen LogP contribution is -2.11. The molecule has 25 heavy (non-hydrogen) atoms. The van der Waals surface area contributed by atoms with Crippen molar-refractivity contribution in [3.63, 3.8) is 0 Å². The lowest BCUT2D eigenvalue weighted by molar-refractivity contribution is 0.103. The number of carbonyl (C=O) groups is 1. The fourth-order valence-corrected chi connectivity index (χ4v) is 3.69. The minimum Gasteiger partial charge on any atom is -0.320 e. The molecule has 1 aromatic carbocycles. The van der Waals surface area contributed by atoms with Gasteiger partial charge in [0, 0.05) is 10.4 Å². The highest BCUT2D eigenvalue weighted by Gasteiger charge is 2.11. The number of nitrogens with zero attached hydrogens (tertiary/aromatic N) is 3. The number of anilines is 1. The van der Waals surface area contributed by atoms with E-state index in [4.69, 9.17) is 0 Å². The summed E-state index contributed by atoms with van der Waals surface area (Å²) in [6, 6.07) is 15.6. The number of pyridine rings is 1. The zero-order valence-electron chi connectivity index (χ0n) is 13.9. The Labute approximate surface area is 149 Å². The van der Waals surface area contributed by atoms with Crippen LogP contribution < -0.4 is 5.32 Å². The van der Waals surface area contributed by atoms with Gasteiger partial charge in [0.05, 0.1) is 22.5 Å². The predicted octanol–water partition coefficient (Wildman–Crippen LogP) is 4.35. The Kier molecular flexibility index (Phi) is 3.82. The molecule has 0 aliphatic carbocycles. The van der Waals surface area contributed by atoms with Gasteiger partial charge in [0.2, 0.25) is 0 Å². The van der Waals surface area contributed by atoms with Gasteiger partial charge in [-0.2, -0.15) is 5.10 Å². The van der Waals surface area contributed by atoms with E-state index in [1.807, 2.05) is 62.4 Å². The fraction of sp³-hybridized carbons (Fsp3) is 0.105. The highest BCUT2D eigenvalue weighted by Crippen LogP contribution is 2.26. The van der Waals surface area contributed by atoms with Crippen LogP contribution >= 0.6 is 11.3 Å². The Balaban J connectivity index is 1.54. The van der Waals surface area contributed by atoms with Gasteiger partial charge in [-0.15, -0.1) is 11.3 Å². The van der Waals surface area contributed by atoms with Crippen molar-refractivity contribution in [2.75, 3.05) is 5.32 Å². The minimum atomic E-state index is -0.123. The normalized spacial score (nSPS) is 11.0. The van der Waals surface area contributed by atoms with Crippen LogP contribution in [-0.4, -0.2) is 20.7 Å². The average molecular weight is 348 g/mol. The fourth-order valence-electron chi connectivity index (χ4n) is 2.73. The Morgan fingerprint density at radius 3 is 2.64 bits per heavy atom. The molecule has 3 heterocycles. The quantitative estimate of drug-likeness (QED) is 0.599. The number of amides is 1. The molecule has 4 rings (SSSR count). The number of rotatable bonds is 3. The van der Waals surface area contributed by atoms with E-state index < -0.39 is 0 Å². The number of aryl methyl sites for hydroxylation is 2. The standard InChI is InChI=1S/C19H16N4OS/c1-12-9-13(2)23(22-12)18-8-7-15(11-20-18)21-19(24)17-10-14-5-3-4-6-16(14)25-17/h3-11H,1-2H3,(H,21,24). The molecular weight excluding hydrogens is 332 g/mol. The van der Waals surface area contributed by atoms with Gasteiger partial charge in [-0.3, -0.25) is 4.79 Å². The number of hydrogen-bond acceptors (Lipinski definition) is 4. The van der Waals surface area contributed by atoms with Crippen LogP contribution in [0.3, 0.4) is 0 Å². The first-order valence-corrected chi connectivity index (χ1v) is 8.71. The molecule has 4 aromatic rings. The number of thiophene rings is 1. The van der Waals surface area contributed by atoms with Crippen LogP contribution in [0, 0.1) is 13.8 Å². The van der Waals surface area contributed by atoms with Gasteiger partial charge < -0.3 is 5.32 Å². The van der Waals surface area contributed by atoms with Gasteiger partial charge in [0.25, 0.3) is 5.91 Å². The second-order valence-electron chi connectivity index (χ2n) is 5.85. The zero-order chi connectivity index (χ0) is 17.4. The molecule has 0 spiro atoms. The molecule has 0 radical (unpaired) electrons. The van der Waals surface area contributed by atoms with Crippen molar-refractivity contribution in [2.24, 2.45) is 0 Å². The first-order chi connectivity index (χ1) is 12.1. The molecule has 0 aliphatic rings. The van der Waals surface area contributed by atoms with Crippen molar-refractivity contribution in [3.05, 3.63) is 71.0 Å². The van der Waals surface area contributed by atoms with Crippen molar-refractivity contribution >= 4 is 33.0 Å². The highest BCUT2D eigenvalue weighted by atomic mass is 32.1. The molecular formula is C19H16N4OS. The number of benzene rings is 1. The van der Waals surface area contributed by atoms with Crippen LogP contribution in [0.25, 0.3) is 15.9 Å². The van der Waals surface area contributed by atoms with Crippen molar-refractivity contribution < 1.29 is 4.79 Å². The van der Waals surface area contributed by atoms with E-state index in [0.717, 1.165) is 27.3 Å². The molecule has 3 aromatic heterocycles. The number of hydrogen-bond donors (Lipinski definition) is 1. The highest BCUT2D eigenvalue weighted by molar-refractivity contribution is 7.20. The lowest BCUT2D eigenvalue weighted by atomic mass is 10.2. The van der Waals surface area contributed by atoms with E-state index in [0.29, 0.717) is 10.6 Å². The molecule has 124 valence electrons. The van der Waals surface area contributed by atoms with Crippen LogP contribution in [-0.2, 0) is 0 Å². The summed E-state index contributed by atoms with van der Waals surface area (Å²) in [4.78, 5) is 17.5. The maximum absolute atomic E-state index is 12.5. The number of carbonyl (C=O) groups excluding carboxylic acids is 1. The molecule has 1 N–H and O–H groups in total. The van der Waals surface area contributed by atoms with Crippen molar-refractivity contribution in [1.82, 2.24) is 14.8 Å². The molecule has 1 amide bonds. The van der Waals surface area contributed by atoms with Gasteiger partial charge in [-0.25, -0.2) is 9.67 Å². The molecule has 5 nitrogen and oxygen atoms in total. The smallest absolute Gasteiger partial charge is 0.265 e. The molecule has 0 atom stereocenters. The monoisotopic (exact) mass is 348 g/mol. The minimum absolute atomic E-state index is 0.123. The van der Waals surface area contributed by atoms with Gasteiger partial charge in [0.1, 0.15) is 0 Å². The average Bonchev–Trinajstić information content (AvgIpc) is 3.18. The van der Waals surface area contributed by atoms with Gasteiger partial charge in [-0.1, -0.05) is 18.2 Å². The summed E-state index contributed by atoms with van der Waals surface area (Å²) in [5.74, 6) is 0.604. The van der Waals surface area contributed by atoms with E-state index in [9.17, 15) is 4.79 Å². The van der Waals surface area contributed by atoms with Crippen LogP contribution in [0.5, 0.6) is 0 Å². The number of aromatic nitrogens is 3. The Bertz CT molecular complexity index is 1030. The summed E-state index contributed by atoms with van der Waals surface area (Å²) in [6.07, 6.45) is 1.65. The third kappa shape index (κ3) is 3.04. The van der Waals surface area contributed by atoms with Crippen LogP contribution in [0.1, 0.15) is 21.1 Å². The lowest BCUT2D eigenvalue weighted by Gasteiger charge is -2.06. The van der Waals surface area contributed by atoms with E-state index in [2.05, 4.69) is 15.4 Å². The van der Waals surface area contributed by atoms with Gasteiger partial charge in [0.15, 0.2) is 5.82 Å². The first-order valence-electron chi connectivity index (χ1n) is 7.90. The molecule has 0 bridgehead atoms. The second kappa shape index (κ2) is 6.14. The summed E-state index contributed by atoms with van der Waals surface area (Å²) in [7, 11) is 0. The van der Waals surface area contributed by atoms with Crippen LogP contribution in [0.2, 0.25) is 0 Å². The number of fused-ring (bicyclic) bond motifs is 1. The summed E-state index contributed by atoms with van der Waals surface area (Å²) >= 11 is 1.48. The van der Waals surface area contributed by atoms with Crippen molar-refractivity contribution in [3.8, 4) is 5.82 Å². The van der Waals surface area contributed by atoms with Crippen molar-refractivity contribution in [1.29, 1.82) is 0 Å². The SMILES string of the molecule is Cc1cc(C)n(-c2ccc(NC(=O)c3cc4ccccc4s3)cn2)n1. The third-order valence-corrected chi connectivity index (χ3v) is 5.00. The molecule has 0 fully saturated rings. The largest absolute Gasteiger partial charge is 0.320 e. The summed E-state index contributed by atoms with van der Waals surface area (Å²) in [5.41, 5.74) is 2.63. The summed E-state index contributed by atoms with van der Waals surface area (Å²) < 4.78 is 2.89. The topological polar surface area (TPSA) is 59.8 Å². The van der Waals surface area contributed by atoms with Crippen LogP contribution in [0.4, 0.5) is 5.69 Å². The Morgan fingerprint density at radius 1 is 1.12 bits per heavy atom. The predicted molar refractivity (Wildman–Crippen MR) is 101 cm³/mol. The first kappa shape index (κ1) is 15.5. The molecule has 0 saturated heterocycles. The number of nitrogens with one attached hydrogen (secondary N) is 1. The van der Waals surface area contributed by atoms with Crippen LogP contribution in [0.15, 0.2) is 54.7 Å². The van der Waals surface area contributed by atoms with Gasteiger partial charge >= 0.3 is 0 Å². The molecule has 0 saturated carbocycles. The van der Waals surface area contributed by atoms with Gasteiger partial charge in [-0.05, 0) is 49.6 Å². The third-order valence-electron chi connectivity index (χ3n) is 3.88. The molecule has 6 heteroatoms. The van der Waals surface area contributed by atoms with E-state index in [1.54, 1.807) is 10.9 Å². The van der Waals surface area contributed by atoms with Crippen molar-refractivity contribution in [2.45, 2.75) is 13.8 Å². The van der Waals surface area contributed by atoms with E-state index in [-0.39, 0.29) is 5.91 Å². The zero-order valence-corrected chi connectivity index (χ0v) is 14.7. The van der Waals surface area contributed by atoms with E-state index in [1.165, 1.54) is 11.3 Å². The maximum atomic E-state index is 12.5. The maximum Gasteiger partial charge on any atom is 0.265 e. The summed E-state index contributed by atoms with van der Waals surface area (Å²) in [6.45, 7) is 3.93. The molecule has 0 unspecified atom stereocenters.